The summed E-state index contributed by atoms with van der Waals surface area (Å²) >= 11 is 0. The topological polar surface area (TPSA) is 58.4 Å². The first-order chi connectivity index (χ1) is 8.97. The maximum absolute atomic E-state index is 13.6. The Hall–Kier alpha value is -1.69. The van der Waals surface area contributed by atoms with Gasteiger partial charge in [0.05, 0.1) is 11.3 Å². The van der Waals surface area contributed by atoms with Gasteiger partial charge in [0, 0.05) is 12.1 Å². The van der Waals surface area contributed by atoms with Gasteiger partial charge in [0.25, 0.3) is 5.91 Å². The van der Waals surface area contributed by atoms with Gasteiger partial charge in [-0.2, -0.15) is 0 Å². The fourth-order valence-electron chi connectivity index (χ4n) is 2.15. The first-order valence-electron chi connectivity index (χ1n) is 6.21. The van der Waals surface area contributed by atoms with Gasteiger partial charge in [-0.05, 0) is 39.0 Å². The van der Waals surface area contributed by atoms with Gasteiger partial charge in [-0.1, -0.05) is 0 Å². The van der Waals surface area contributed by atoms with E-state index in [0.29, 0.717) is 0 Å². The second-order valence-electron chi connectivity index (χ2n) is 4.90. The van der Waals surface area contributed by atoms with E-state index in [2.05, 4.69) is 10.2 Å². The predicted molar refractivity (Wildman–Crippen MR) is 68.8 cm³/mol. The summed E-state index contributed by atoms with van der Waals surface area (Å²) in [4.78, 5) is 14.1. The van der Waals surface area contributed by atoms with Crippen LogP contribution in [0.4, 0.5) is 14.5 Å². The lowest BCUT2D eigenvalue weighted by molar-refractivity contribution is 0.0912. The molecule has 1 amide bonds. The van der Waals surface area contributed by atoms with E-state index in [1.54, 1.807) is 0 Å². The molecule has 19 heavy (non-hydrogen) atoms. The summed E-state index contributed by atoms with van der Waals surface area (Å²) < 4.78 is 26.9. The number of anilines is 1. The molecule has 0 bridgehead atoms. The van der Waals surface area contributed by atoms with Crippen LogP contribution in [0.5, 0.6) is 0 Å². The van der Waals surface area contributed by atoms with Crippen LogP contribution in [0.3, 0.4) is 0 Å². The normalized spacial score (nSPS) is 17.4. The van der Waals surface area contributed by atoms with Gasteiger partial charge in [0.15, 0.2) is 0 Å². The standard InChI is InChI=1S/C13H17F2N3O/c1-18-4-2-8(3-5-18)17-13(19)9-6-11(15)12(16)7-10(9)14/h6-8H,2-5,16H2,1H3,(H,17,19). The Balaban J connectivity index is 2.06. The number of amides is 1. The quantitative estimate of drug-likeness (QED) is 0.797. The highest BCUT2D eigenvalue weighted by molar-refractivity contribution is 5.95. The van der Waals surface area contributed by atoms with Crippen LogP contribution in [0.15, 0.2) is 12.1 Å². The Kier molecular flexibility index (Phi) is 3.99. The number of hydrogen-bond acceptors (Lipinski definition) is 3. The summed E-state index contributed by atoms with van der Waals surface area (Å²) in [6.07, 6.45) is 1.61. The monoisotopic (exact) mass is 269 g/mol. The molecule has 0 atom stereocenters. The molecule has 0 aliphatic carbocycles. The van der Waals surface area contributed by atoms with Crippen molar-refractivity contribution in [3.8, 4) is 0 Å². The average Bonchev–Trinajstić information content (AvgIpc) is 2.36. The number of halogens is 2. The zero-order valence-electron chi connectivity index (χ0n) is 10.7. The molecule has 1 aliphatic heterocycles. The first kappa shape index (κ1) is 13.7. The number of hydrogen-bond donors (Lipinski definition) is 2. The number of likely N-dealkylation sites (tertiary alicyclic amines) is 1. The van der Waals surface area contributed by atoms with Crippen molar-refractivity contribution >= 4 is 11.6 Å². The number of carbonyl (C=O) groups excluding carboxylic acids is 1. The van der Waals surface area contributed by atoms with Crippen molar-refractivity contribution in [2.75, 3.05) is 25.9 Å². The number of nitrogens with two attached hydrogens (primary N) is 1. The lowest BCUT2D eigenvalue weighted by Gasteiger charge is -2.29. The van der Waals surface area contributed by atoms with Crippen molar-refractivity contribution in [1.29, 1.82) is 0 Å². The summed E-state index contributed by atoms with van der Waals surface area (Å²) in [6, 6.07) is 1.68. The van der Waals surface area contributed by atoms with E-state index in [4.69, 9.17) is 5.73 Å². The predicted octanol–water partition coefficient (Wildman–Crippen LogP) is 1.37. The number of nitrogens with zero attached hydrogens (tertiary/aromatic N) is 1. The Morgan fingerprint density at radius 3 is 2.58 bits per heavy atom. The highest BCUT2D eigenvalue weighted by atomic mass is 19.1. The van der Waals surface area contributed by atoms with Gasteiger partial charge in [0.1, 0.15) is 11.6 Å². The summed E-state index contributed by atoms with van der Waals surface area (Å²) in [5.74, 6) is -2.18. The molecular formula is C13H17F2N3O. The molecule has 1 aliphatic rings. The van der Waals surface area contributed by atoms with Crippen molar-refractivity contribution in [2.24, 2.45) is 0 Å². The minimum Gasteiger partial charge on any atom is -0.396 e. The lowest BCUT2D eigenvalue weighted by atomic mass is 10.0. The van der Waals surface area contributed by atoms with Gasteiger partial charge < -0.3 is 16.0 Å². The van der Waals surface area contributed by atoms with Gasteiger partial charge in [-0.25, -0.2) is 8.78 Å². The fourth-order valence-corrected chi connectivity index (χ4v) is 2.15. The summed E-state index contributed by atoms with van der Waals surface area (Å²) in [5, 5.41) is 2.73. The minimum atomic E-state index is -0.802. The van der Waals surface area contributed by atoms with E-state index in [9.17, 15) is 13.6 Å². The van der Waals surface area contributed by atoms with Crippen molar-refractivity contribution in [3.63, 3.8) is 0 Å². The van der Waals surface area contributed by atoms with Gasteiger partial charge in [-0.15, -0.1) is 0 Å². The van der Waals surface area contributed by atoms with Crippen LogP contribution in [0.2, 0.25) is 0 Å². The molecule has 0 radical (unpaired) electrons. The maximum Gasteiger partial charge on any atom is 0.254 e. The van der Waals surface area contributed by atoms with E-state index in [1.807, 2.05) is 7.05 Å². The van der Waals surface area contributed by atoms with Crippen LogP contribution >= 0.6 is 0 Å². The van der Waals surface area contributed by atoms with E-state index < -0.39 is 17.5 Å². The van der Waals surface area contributed by atoms with Gasteiger partial charge in [-0.3, -0.25) is 4.79 Å². The van der Waals surface area contributed by atoms with Crippen molar-refractivity contribution in [1.82, 2.24) is 10.2 Å². The molecule has 104 valence electrons. The number of nitrogen functional groups attached to an aromatic ring is 1. The Labute approximate surface area is 110 Å². The SMILES string of the molecule is CN1CCC(NC(=O)c2cc(F)c(N)cc2F)CC1. The number of benzene rings is 1. The Morgan fingerprint density at radius 2 is 1.95 bits per heavy atom. The zero-order valence-corrected chi connectivity index (χ0v) is 10.7. The lowest BCUT2D eigenvalue weighted by Crippen LogP contribution is -2.43. The number of carbonyl (C=O) groups is 1. The molecule has 0 unspecified atom stereocenters. The molecule has 1 fully saturated rings. The van der Waals surface area contributed by atoms with E-state index in [-0.39, 0.29) is 17.3 Å². The van der Waals surface area contributed by atoms with Gasteiger partial charge in [0.2, 0.25) is 0 Å². The second kappa shape index (κ2) is 5.52. The third kappa shape index (κ3) is 3.20. The molecule has 1 aromatic rings. The van der Waals surface area contributed by atoms with Crippen molar-refractivity contribution in [3.05, 3.63) is 29.3 Å². The molecule has 0 spiro atoms. The molecular weight excluding hydrogens is 252 g/mol. The molecule has 4 nitrogen and oxygen atoms in total. The van der Waals surface area contributed by atoms with Crippen LogP contribution < -0.4 is 11.1 Å². The fraction of sp³-hybridized carbons (Fsp3) is 0.462. The Bertz CT molecular complexity index is 485. The number of rotatable bonds is 2. The van der Waals surface area contributed by atoms with E-state index in [1.165, 1.54) is 0 Å². The van der Waals surface area contributed by atoms with Crippen molar-refractivity contribution in [2.45, 2.75) is 18.9 Å². The van der Waals surface area contributed by atoms with E-state index >= 15 is 0 Å². The van der Waals surface area contributed by atoms with Crippen LogP contribution in [0.25, 0.3) is 0 Å². The molecule has 1 heterocycles. The molecule has 1 saturated heterocycles. The smallest absolute Gasteiger partial charge is 0.254 e. The largest absolute Gasteiger partial charge is 0.396 e. The third-order valence-electron chi connectivity index (χ3n) is 3.38. The van der Waals surface area contributed by atoms with Crippen LogP contribution in [-0.2, 0) is 0 Å². The molecule has 0 saturated carbocycles. The second-order valence-corrected chi connectivity index (χ2v) is 4.90. The highest BCUT2D eigenvalue weighted by Gasteiger charge is 2.21. The van der Waals surface area contributed by atoms with E-state index in [0.717, 1.165) is 38.1 Å². The maximum atomic E-state index is 13.6. The molecule has 2 rings (SSSR count). The minimum absolute atomic E-state index is 0.00344. The summed E-state index contributed by atoms with van der Waals surface area (Å²) in [7, 11) is 2.01. The number of nitrogens with one attached hydrogen (secondary N) is 1. The molecule has 3 N–H and O–H groups in total. The molecule has 6 heteroatoms. The molecule has 1 aromatic carbocycles. The summed E-state index contributed by atoms with van der Waals surface area (Å²) in [5.41, 5.74) is 4.64. The first-order valence-corrected chi connectivity index (χ1v) is 6.21. The Morgan fingerprint density at radius 1 is 1.32 bits per heavy atom. The van der Waals surface area contributed by atoms with Gasteiger partial charge >= 0.3 is 0 Å². The van der Waals surface area contributed by atoms with Crippen LogP contribution in [0.1, 0.15) is 23.2 Å². The number of piperidine rings is 1. The van der Waals surface area contributed by atoms with Crippen molar-refractivity contribution < 1.29 is 13.6 Å². The highest BCUT2D eigenvalue weighted by Crippen LogP contribution is 2.17. The van der Waals surface area contributed by atoms with Crippen LogP contribution in [-0.4, -0.2) is 37.0 Å². The molecule has 0 aromatic heterocycles. The third-order valence-corrected chi connectivity index (χ3v) is 3.38. The summed E-state index contributed by atoms with van der Waals surface area (Å²) in [6.45, 7) is 1.76. The van der Waals surface area contributed by atoms with Crippen LogP contribution in [0, 0.1) is 11.6 Å². The average molecular weight is 269 g/mol. The zero-order chi connectivity index (χ0) is 14.0.